The molecule has 4 heteroatoms. The zero-order valence-corrected chi connectivity index (χ0v) is 13.4. The van der Waals surface area contributed by atoms with Gasteiger partial charge in [-0.1, -0.05) is 35.9 Å². The first-order valence-corrected chi connectivity index (χ1v) is 7.58. The molecule has 0 atom stereocenters. The average Bonchev–Trinajstić information content (AvgIpc) is 2.52. The highest BCUT2D eigenvalue weighted by Gasteiger charge is 2.10. The lowest BCUT2D eigenvalue weighted by Crippen LogP contribution is -2.12. The molecule has 4 nitrogen and oxygen atoms in total. The molecule has 0 amide bonds. The molecule has 0 spiro atoms. The molecule has 0 fully saturated rings. The molecule has 0 aliphatic carbocycles. The highest BCUT2D eigenvalue weighted by molar-refractivity contribution is 5.75. The van der Waals surface area contributed by atoms with E-state index in [1.165, 1.54) is 0 Å². The Kier molecular flexibility index (Phi) is 5.92. The molecule has 0 saturated heterocycles. The Labute approximate surface area is 136 Å². The van der Waals surface area contributed by atoms with Gasteiger partial charge in [0.15, 0.2) is 0 Å². The minimum atomic E-state index is -0.349. The molecule has 0 aromatic heterocycles. The molecule has 0 radical (unpaired) electrons. The lowest BCUT2D eigenvalue weighted by Gasteiger charge is -2.07. The molecule has 23 heavy (non-hydrogen) atoms. The van der Waals surface area contributed by atoms with Crippen molar-refractivity contribution >= 4 is 11.9 Å². The fraction of sp³-hybridized carbons (Fsp3) is 0.263. The van der Waals surface area contributed by atoms with Crippen molar-refractivity contribution in [3.63, 3.8) is 0 Å². The Hall–Kier alpha value is -2.62. The molecule has 0 unspecified atom stereocenters. The van der Waals surface area contributed by atoms with Gasteiger partial charge in [-0.05, 0) is 44.0 Å². The van der Waals surface area contributed by atoms with Crippen LogP contribution in [0.5, 0.6) is 11.5 Å². The van der Waals surface area contributed by atoms with E-state index in [2.05, 4.69) is 0 Å². The zero-order valence-electron chi connectivity index (χ0n) is 13.4. The van der Waals surface area contributed by atoms with Crippen molar-refractivity contribution < 1.29 is 19.1 Å². The number of carbonyl (C=O) groups excluding carboxylic acids is 2. The van der Waals surface area contributed by atoms with E-state index in [1.807, 2.05) is 44.2 Å². The quantitative estimate of drug-likeness (QED) is 0.598. The van der Waals surface area contributed by atoms with E-state index in [9.17, 15) is 9.59 Å². The van der Waals surface area contributed by atoms with E-state index in [0.29, 0.717) is 17.9 Å². The first-order valence-electron chi connectivity index (χ1n) is 7.58. The fourth-order valence-corrected chi connectivity index (χ4v) is 2.01. The first-order chi connectivity index (χ1) is 11.0. The number of esters is 2. The summed E-state index contributed by atoms with van der Waals surface area (Å²) < 4.78 is 10.5. The standard InChI is InChI=1S/C19H20O4/c1-14-10-12-16(13-11-14)22-18(20)8-5-9-19(21)23-17-7-4-3-6-15(17)2/h3-4,6-7,10-13H,5,8-9H2,1-2H3. The van der Waals surface area contributed by atoms with E-state index in [0.717, 1.165) is 11.1 Å². The van der Waals surface area contributed by atoms with Gasteiger partial charge in [0.05, 0.1) is 0 Å². The summed E-state index contributed by atoms with van der Waals surface area (Å²) in [6.45, 7) is 3.84. The summed E-state index contributed by atoms with van der Waals surface area (Å²) in [6, 6.07) is 14.6. The van der Waals surface area contributed by atoms with Gasteiger partial charge in [-0.25, -0.2) is 0 Å². The van der Waals surface area contributed by atoms with Gasteiger partial charge >= 0.3 is 11.9 Å². The van der Waals surface area contributed by atoms with Crippen LogP contribution in [0.15, 0.2) is 48.5 Å². The second kappa shape index (κ2) is 8.13. The average molecular weight is 312 g/mol. The molecule has 0 N–H and O–H groups in total. The van der Waals surface area contributed by atoms with Crippen LogP contribution in [0.3, 0.4) is 0 Å². The monoisotopic (exact) mass is 312 g/mol. The molecule has 2 rings (SSSR count). The lowest BCUT2D eigenvalue weighted by molar-refractivity contribution is -0.136. The van der Waals surface area contributed by atoms with E-state index in [1.54, 1.807) is 18.2 Å². The van der Waals surface area contributed by atoms with Crippen LogP contribution in [0.25, 0.3) is 0 Å². The van der Waals surface area contributed by atoms with Crippen LogP contribution < -0.4 is 9.47 Å². The van der Waals surface area contributed by atoms with E-state index < -0.39 is 0 Å². The number of rotatable bonds is 6. The third-order valence-corrected chi connectivity index (χ3v) is 3.33. The minimum Gasteiger partial charge on any atom is -0.427 e. The smallest absolute Gasteiger partial charge is 0.311 e. The van der Waals surface area contributed by atoms with Crippen LogP contribution in [0.2, 0.25) is 0 Å². The van der Waals surface area contributed by atoms with Gasteiger partial charge in [0.1, 0.15) is 11.5 Å². The molecular formula is C19H20O4. The summed E-state index contributed by atoms with van der Waals surface area (Å²) in [4.78, 5) is 23.5. The van der Waals surface area contributed by atoms with Crippen molar-refractivity contribution in [2.24, 2.45) is 0 Å². The molecular weight excluding hydrogens is 292 g/mol. The van der Waals surface area contributed by atoms with Crippen LogP contribution in [0, 0.1) is 13.8 Å². The Morgan fingerprint density at radius 2 is 1.43 bits per heavy atom. The number of carbonyl (C=O) groups is 2. The van der Waals surface area contributed by atoms with E-state index in [-0.39, 0.29) is 24.8 Å². The molecule has 0 aliphatic rings. The summed E-state index contributed by atoms with van der Waals surface area (Å²) in [5, 5.41) is 0. The lowest BCUT2D eigenvalue weighted by atomic mass is 10.2. The molecule has 2 aromatic carbocycles. The zero-order chi connectivity index (χ0) is 16.7. The number of para-hydroxylation sites is 1. The van der Waals surface area contributed by atoms with Gasteiger partial charge in [-0.15, -0.1) is 0 Å². The summed E-state index contributed by atoms with van der Waals surface area (Å²) >= 11 is 0. The first kappa shape index (κ1) is 16.7. The predicted molar refractivity (Wildman–Crippen MR) is 87.5 cm³/mol. The number of hydrogen-bond acceptors (Lipinski definition) is 4. The molecule has 0 aliphatic heterocycles. The highest BCUT2D eigenvalue weighted by atomic mass is 16.5. The Balaban J connectivity index is 1.72. The maximum atomic E-state index is 11.8. The summed E-state index contributed by atoms with van der Waals surface area (Å²) in [7, 11) is 0. The van der Waals surface area contributed by atoms with Crippen molar-refractivity contribution in [2.45, 2.75) is 33.1 Å². The highest BCUT2D eigenvalue weighted by Crippen LogP contribution is 2.17. The van der Waals surface area contributed by atoms with Crippen molar-refractivity contribution in [1.82, 2.24) is 0 Å². The Bertz CT molecular complexity index is 674. The van der Waals surface area contributed by atoms with Gasteiger partial charge in [0.25, 0.3) is 0 Å². The number of benzene rings is 2. The van der Waals surface area contributed by atoms with E-state index >= 15 is 0 Å². The van der Waals surface area contributed by atoms with Crippen LogP contribution in [0.1, 0.15) is 30.4 Å². The number of hydrogen-bond donors (Lipinski definition) is 0. The minimum absolute atomic E-state index is 0.177. The Morgan fingerprint density at radius 3 is 2.09 bits per heavy atom. The molecule has 2 aromatic rings. The Morgan fingerprint density at radius 1 is 0.826 bits per heavy atom. The van der Waals surface area contributed by atoms with Crippen LogP contribution in [-0.2, 0) is 9.59 Å². The fourth-order valence-electron chi connectivity index (χ4n) is 2.01. The molecule has 0 saturated carbocycles. The second-order valence-corrected chi connectivity index (χ2v) is 5.38. The van der Waals surface area contributed by atoms with Crippen LogP contribution in [-0.4, -0.2) is 11.9 Å². The largest absolute Gasteiger partial charge is 0.427 e. The van der Waals surface area contributed by atoms with Gasteiger partial charge in [0, 0.05) is 12.8 Å². The SMILES string of the molecule is Cc1ccc(OC(=O)CCCC(=O)Oc2ccccc2C)cc1. The second-order valence-electron chi connectivity index (χ2n) is 5.38. The van der Waals surface area contributed by atoms with Crippen molar-refractivity contribution in [1.29, 1.82) is 0 Å². The maximum Gasteiger partial charge on any atom is 0.311 e. The van der Waals surface area contributed by atoms with Crippen LogP contribution >= 0.6 is 0 Å². The van der Waals surface area contributed by atoms with Crippen molar-refractivity contribution in [3.8, 4) is 11.5 Å². The van der Waals surface area contributed by atoms with Crippen LogP contribution in [0.4, 0.5) is 0 Å². The van der Waals surface area contributed by atoms with Crippen molar-refractivity contribution in [2.75, 3.05) is 0 Å². The summed E-state index contributed by atoms with van der Waals surface area (Å²) in [6.07, 6.45) is 0.753. The maximum absolute atomic E-state index is 11.8. The normalized spacial score (nSPS) is 10.2. The summed E-state index contributed by atoms with van der Waals surface area (Å²) in [5.41, 5.74) is 2.00. The molecule has 0 heterocycles. The van der Waals surface area contributed by atoms with Gasteiger partial charge < -0.3 is 9.47 Å². The van der Waals surface area contributed by atoms with Crippen molar-refractivity contribution in [3.05, 3.63) is 59.7 Å². The molecule has 0 bridgehead atoms. The predicted octanol–water partition coefficient (Wildman–Crippen LogP) is 3.98. The topological polar surface area (TPSA) is 52.6 Å². The third-order valence-electron chi connectivity index (χ3n) is 3.33. The summed E-state index contributed by atoms with van der Waals surface area (Å²) in [5.74, 6) is 0.378. The molecule has 120 valence electrons. The van der Waals surface area contributed by atoms with Gasteiger partial charge in [-0.2, -0.15) is 0 Å². The number of aryl methyl sites for hydroxylation is 2. The van der Waals surface area contributed by atoms with E-state index in [4.69, 9.17) is 9.47 Å². The van der Waals surface area contributed by atoms with Gasteiger partial charge in [-0.3, -0.25) is 9.59 Å². The third kappa shape index (κ3) is 5.58. The number of ether oxygens (including phenoxy) is 2. The van der Waals surface area contributed by atoms with Gasteiger partial charge in [0.2, 0.25) is 0 Å².